The number of carbonyl (C=O) groups excluding carboxylic acids is 2. The molecule has 0 radical (unpaired) electrons. The highest BCUT2D eigenvalue weighted by atomic mass is 16.5. The summed E-state index contributed by atoms with van der Waals surface area (Å²) in [5.74, 6) is -0.823. The fourth-order valence-electron chi connectivity index (χ4n) is 3.87. The van der Waals surface area contributed by atoms with Crippen LogP contribution in [0.4, 0.5) is 0 Å². The van der Waals surface area contributed by atoms with Crippen LogP contribution < -0.4 is 14.7 Å². The Morgan fingerprint density at radius 3 is 2.30 bits per heavy atom. The molecular weight excluding hydrogens is 416 g/mol. The molecule has 0 saturated carbocycles. The first-order valence-electron chi connectivity index (χ1n) is 11.2. The number of benzene rings is 2. The molecule has 1 heterocycles. The van der Waals surface area contributed by atoms with Crippen LogP contribution in [0.3, 0.4) is 0 Å². The Morgan fingerprint density at radius 1 is 1.12 bits per heavy atom. The van der Waals surface area contributed by atoms with Gasteiger partial charge in [0.25, 0.3) is 5.91 Å². The molecule has 1 fully saturated rings. The van der Waals surface area contributed by atoms with Crippen molar-refractivity contribution in [2.45, 2.75) is 25.8 Å². The molecule has 1 aliphatic heterocycles. The SMILES string of the molecule is C=CCOc1ccc(C([O-])=C2C(=O)C(=O)N(CC[NH+](C)C)C2c2ccc(C(C)C)cc2)cc1. The second-order valence-corrected chi connectivity index (χ2v) is 8.88. The number of hydrogen-bond acceptors (Lipinski definition) is 4. The minimum atomic E-state index is -0.723. The largest absolute Gasteiger partial charge is 0.872 e. The van der Waals surface area contributed by atoms with E-state index in [2.05, 4.69) is 20.4 Å². The maximum Gasteiger partial charge on any atom is 0.295 e. The van der Waals surface area contributed by atoms with Crippen LogP contribution in [-0.2, 0) is 9.59 Å². The third-order valence-corrected chi connectivity index (χ3v) is 5.79. The number of ketones is 1. The van der Waals surface area contributed by atoms with Crippen LogP contribution in [-0.4, -0.2) is 50.4 Å². The van der Waals surface area contributed by atoms with Crippen molar-refractivity contribution in [3.63, 3.8) is 0 Å². The second-order valence-electron chi connectivity index (χ2n) is 8.88. The molecule has 2 aromatic rings. The van der Waals surface area contributed by atoms with Gasteiger partial charge >= 0.3 is 0 Å². The van der Waals surface area contributed by atoms with Crippen molar-refractivity contribution in [3.8, 4) is 5.75 Å². The van der Waals surface area contributed by atoms with Gasteiger partial charge in [-0.1, -0.05) is 68.7 Å². The molecule has 3 rings (SSSR count). The van der Waals surface area contributed by atoms with Crippen molar-refractivity contribution in [2.75, 3.05) is 33.8 Å². The number of rotatable bonds is 9. The van der Waals surface area contributed by atoms with E-state index in [0.29, 0.717) is 36.9 Å². The average molecular weight is 449 g/mol. The monoisotopic (exact) mass is 448 g/mol. The molecule has 6 nitrogen and oxygen atoms in total. The molecule has 1 N–H and O–H groups in total. The molecule has 0 aliphatic carbocycles. The summed E-state index contributed by atoms with van der Waals surface area (Å²) in [5, 5.41) is 13.5. The Labute approximate surface area is 195 Å². The third-order valence-electron chi connectivity index (χ3n) is 5.79. The first kappa shape index (κ1) is 24.3. The van der Waals surface area contributed by atoms with Gasteiger partial charge in [-0.05, 0) is 34.7 Å². The summed E-state index contributed by atoms with van der Waals surface area (Å²) < 4.78 is 5.48. The Morgan fingerprint density at radius 2 is 1.76 bits per heavy atom. The summed E-state index contributed by atoms with van der Waals surface area (Å²) in [6.07, 6.45) is 1.64. The normalized spacial score (nSPS) is 17.8. The van der Waals surface area contributed by atoms with Crippen LogP contribution in [0.2, 0.25) is 0 Å². The fraction of sp³-hybridized carbons (Fsp3) is 0.333. The Balaban J connectivity index is 2.06. The molecule has 1 aliphatic rings. The Bertz CT molecular complexity index is 1040. The number of carbonyl (C=O) groups is 2. The lowest BCUT2D eigenvalue weighted by Gasteiger charge is -2.28. The van der Waals surface area contributed by atoms with Gasteiger partial charge in [0.1, 0.15) is 12.4 Å². The summed E-state index contributed by atoms with van der Waals surface area (Å²) in [5.41, 5.74) is 2.27. The predicted octanol–water partition coefficient (Wildman–Crippen LogP) is 1.74. The second kappa shape index (κ2) is 10.5. The maximum atomic E-state index is 13.5. The molecule has 1 amide bonds. The van der Waals surface area contributed by atoms with Crippen LogP contribution in [0.25, 0.3) is 5.76 Å². The lowest BCUT2D eigenvalue weighted by molar-refractivity contribution is -0.857. The molecule has 1 atom stereocenters. The average Bonchev–Trinajstić information content (AvgIpc) is 3.06. The van der Waals surface area contributed by atoms with E-state index in [9.17, 15) is 14.7 Å². The fourth-order valence-corrected chi connectivity index (χ4v) is 3.87. The van der Waals surface area contributed by atoms with Gasteiger partial charge in [0.15, 0.2) is 0 Å². The lowest BCUT2D eigenvalue weighted by Crippen LogP contribution is -3.06. The van der Waals surface area contributed by atoms with E-state index < -0.39 is 23.5 Å². The molecule has 0 spiro atoms. The summed E-state index contributed by atoms with van der Waals surface area (Å²) in [6.45, 7) is 9.23. The summed E-state index contributed by atoms with van der Waals surface area (Å²) >= 11 is 0. The molecule has 0 aromatic heterocycles. The number of quaternary nitrogens is 1. The first-order valence-corrected chi connectivity index (χ1v) is 11.2. The number of likely N-dealkylation sites (tertiary alicyclic amines) is 1. The van der Waals surface area contributed by atoms with Gasteiger partial charge in [0.2, 0.25) is 5.78 Å². The zero-order valence-corrected chi connectivity index (χ0v) is 19.8. The van der Waals surface area contributed by atoms with E-state index in [0.717, 1.165) is 16.0 Å². The van der Waals surface area contributed by atoms with Gasteiger partial charge in [-0.15, -0.1) is 0 Å². The number of ether oxygens (including phenoxy) is 1. The smallest absolute Gasteiger partial charge is 0.295 e. The highest BCUT2D eigenvalue weighted by Gasteiger charge is 2.44. The number of Topliss-reactive ketones (excluding diaryl/α,β-unsaturated/α-hetero) is 1. The van der Waals surface area contributed by atoms with Crippen molar-refractivity contribution in [1.29, 1.82) is 0 Å². The standard InChI is InChI=1S/C27H32N2O4/c1-6-17-33-22-13-11-21(12-14-22)25(30)23-24(20-9-7-19(8-10-20)18(2)3)29(16-15-28(4)5)27(32)26(23)31/h6-14,18,24,30H,1,15-17H2,2-5H3. The van der Waals surface area contributed by atoms with Crippen LogP contribution in [0.5, 0.6) is 5.75 Å². The highest BCUT2D eigenvalue weighted by Crippen LogP contribution is 2.38. The van der Waals surface area contributed by atoms with Gasteiger partial charge in [-0.25, -0.2) is 0 Å². The van der Waals surface area contributed by atoms with Crippen molar-refractivity contribution in [3.05, 3.63) is 83.4 Å². The number of amides is 1. The summed E-state index contributed by atoms with van der Waals surface area (Å²) in [7, 11) is 3.97. The molecule has 2 aromatic carbocycles. The van der Waals surface area contributed by atoms with Crippen LogP contribution in [0.1, 0.15) is 42.5 Å². The quantitative estimate of drug-likeness (QED) is 0.275. The number of hydrogen-bond donors (Lipinski definition) is 1. The van der Waals surface area contributed by atoms with E-state index in [-0.39, 0.29) is 5.57 Å². The minimum absolute atomic E-state index is 0.00538. The van der Waals surface area contributed by atoms with Gasteiger partial charge in [-0.3, -0.25) is 9.59 Å². The van der Waals surface area contributed by atoms with Gasteiger partial charge in [0, 0.05) is 5.57 Å². The van der Waals surface area contributed by atoms with Crippen LogP contribution in [0.15, 0.2) is 66.8 Å². The van der Waals surface area contributed by atoms with Gasteiger partial charge < -0.3 is 19.6 Å². The molecule has 33 heavy (non-hydrogen) atoms. The van der Waals surface area contributed by atoms with Crippen molar-refractivity contribution >= 4 is 17.4 Å². The van der Waals surface area contributed by atoms with E-state index in [1.165, 1.54) is 4.90 Å². The van der Waals surface area contributed by atoms with Gasteiger partial charge in [0.05, 0.1) is 33.2 Å². The maximum absolute atomic E-state index is 13.5. The zero-order chi connectivity index (χ0) is 24.1. The zero-order valence-electron chi connectivity index (χ0n) is 19.8. The lowest BCUT2D eigenvalue weighted by atomic mass is 9.93. The first-order chi connectivity index (χ1) is 15.7. The molecule has 6 heteroatoms. The molecule has 1 unspecified atom stereocenters. The van der Waals surface area contributed by atoms with E-state index in [1.54, 1.807) is 30.3 Å². The molecular formula is C27H32N2O4. The molecule has 174 valence electrons. The number of nitrogens with one attached hydrogen (secondary N) is 1. The van der Waals surface area contributed by atoms with Crippen molar-refractivity contribution < 1.29 is 24.3 Å². The Hall–Kier alpha value is -3.38. The Kier molecular flexibility index (Phi) is 7.71. The van der Waals surface area contributed by atoms with E-state index >= 15 is 0 Å². The third kappa shape index (κ3) is 5.34. The summed E-state index contributed by atoms with van der Waals surface area (Å²) in [4.78, 5) is 28.7. The topological polar surface area (TPSA) is 74.1 Å². The van der Waals surface area contributed by atoms with E-state index in [4.69, 9.17) is 4.74 Å². The van der Waals surface area contributed by atoms with Gasteiger partial charge in [-0.2, -0.15) is 0 Å². The van der Waals surface area contributed by atoms with Crippen molar-refractivity contribution in [1.82, 2.24) is 4.90 Å². The highest BCUT2D eigenvalue weighted by molar-refractivity contribution is 6.46. The van der Waals surface area contributed by atoms with E-state index in [1.807, 2.05) is 38.4 Å². The molecule has 0 bridgehead atoms. The number of likely N-dealkylation sites (N-methyl/N-ethyl adjacent to an activating group) is 1. The van der Waals surface area contributed by atoms with Crippen molar-refractivity contribution in [2.24, 2.45) is 0 Å². The minimum Gasteiger partial charge on any atom is -0.872 e. The summed E-state index contributed by atoms with van der Waals surface area (Å²) in [6, 6.07) is 13.7. The number of nitrogens with zero attached hydrogens (tertiary/aromatic N) is 1. The predicted molar refractivity (Wildman–Crippen MR) is 127 cm³/mol. The molecule has 1 saturated heterocycles. The van der Waals surface area contributed by atoms with Crippen LogP contribution >= 0.6 is 0 Å². The van der Waals surface area contributed by atoms with Crippen LogP contribution in [0, 0.1) is 0 Å².